The Hall–Kier alpha value is -1.67. The highest BCUT2D eigenvalue weighted by atomic mass is 14.9. The molecule has 2 heteroatoms. The molecule has 0 bridgehead atoms. The van der Waals surface area contributed by atoms with Gasteiger partial charge in [0.15, 0.2) is 0 Å². The Morgan fingerprint density at radius 3 is 2.52 bits per heavy atom. The van der Waals surface area contributed by atoms with Gasteiger partial charge >= 0.3 is 0 Å². The molecule has 110 valence electrons. The molecule has 0 radical (unpaired) electrons. The van der Waals surface area contributed by atoms with Crippen LogP contribution in [0.4, 0.5) is 0 Å². The van der Waals surface area contributed by atoms with Crippen LogP contribution in [-0.2, 0) is 5.41 Å². The molecule has 1 aromatic carbocycles. The molecule has 2 nitrogen and oxygen atoms in total. The molecule has 0 atom stereocenters. The standard InChI is InChI=1S/C19H24N2/c1-15(2)21-14-19(18-9-6-10-20-13-18)11-17(12-19)16-7-4-3-5-8-16/h3-10,13,15,17,21H,11-12,14H2,1-2H3. The lowest BCUT2D eigenvalue weighted by Gasteiger charge is -2.49. The van der Waals surface area contributed by atoms with Gasteiger partial charge in [0.05, 0.1) is 0 Å². The molecule has 1 aliphatic rings. The van der Waals surface area contributed by atoms with Crippen molar-refractivity contribution in [3.63, 3.8) is 0 Å². The van der Waals surface area contributed by atoms with Crippen molar-refractivity contribution in [3.8, 4) is 0 Å². The van der Waals surface area contributed by atoms with Crippen molar-refractivity contribution in [2.45, 2.75) is 44.1 Å². The molecule has 2 aromatic rings. The molecule has 1 saturated carbocycles. The van der Waals surface area contributed by atoms with E-state index >= 15 is 0 Å². The minimum Gasteiger partial charge on any atom is -0.314 e. The van der Waals surface area contributed by atoms with Gasteiger partial charge in [-0.25, -0.2) is 0 Å². The predicted octanol–water partition coefficient (Wildman–Crippen LogP) is 3.90. The van der Waals surface area contributed by atoms with Crippen LogP contribution in [0.1, 0.15) is 43.7 Å². The zero-order valence-electron chi connectivity index (χ0n) is 12.9. The molecule has 21 heavy (non-hydrogen) atoms. The van der Waals surface area contributed by atoms with E-state index in [4.69, 9.17) is 0 Å². The van der Waals surface area contributed by atoms with Crippen LogP contribution in [0.2, 0.25) is 0 Å². The lowest BCUT2D eigenvalue weighted by molar-refractivity contribution is 0.189. The number of nitrogens with one attached hydrogen (secondary N) is 1. The third-order valence-electron chi connectivity index (χ3n) is 4.67. The highest BCUT2D eigenvalue weighted by molar-refractivity contribution is 5.33. The topological polar surface area (TPSA) is 24.9 Å². The zero-order valence-corrected chi connectivity index (χ0v) is 12.9. The second-order valence-corrected chi connectivity index (χ2v) is 6.57. The molecule has 1 heterocycles. The number of hydrogen-bond acceptors (Lipinski definition) is 2. The van der Waals surface area contributed by atoms with Crippen molar-refractivity contribution in [1.29, 1.82) is 0 Å². The Bertz CT molecular complexity index is 557. The van der Waals surface area contributed by atoms with Gasteiger partial charge < -0.3 is 5.32 Å². The lowest BCUT2D eigenvalue weighted by atomic mass is 9.57. The Balaban J connectivity index is 1.78. The van der Waals surface area contributed by atoms with Gasteiger partial charge in [0.1, 0.15) is 0 Å². The summed E-state index contributed by atoms with van der Waals surface area (Å²) < 4.78 is 0. The Labute approximate surface area is 127 Å². The van der Waals surface area contributed by atoms with E-state index in [0.717, 1.165) is 6.54 Å². The smallest absolute Gasteiger partial charge is 0.0306 e. The summed E-state index contributed by atoms with van der Waals surface area (Å²) in [6.07, 6.45) is 6.33. The SMILES string of the molecule is CC(C)NCC1(c2cccnc2)CC(c2ccccc2)C1. The number of pyridine rings is 1. The van der Waals surface area contributed by atoms with Gasteiger partial charge in [-0.05, 0) is 36.0 Å². The first-order valence-electron chi connectivity index (χ1n) is 7.88. The Morgan fingerprint density at radius 1 is 1.14 bits per heavy atom. The monoisotopic (exact) mass is 280 g/mol. The lowest BCUT2D eigenvalue weighted by Crippen LogP contribution is -2.49. The number of nitrogens with zero attached hydrogens (tertiary/aromatic N) is 1. The highest BCUT2D eigenvalue weighted by Crippen LogP contribution is 2.52. The second-order valence-electron chi connectivity index (χ2n) is 6.57. The van der Waals surface area contributed by atoms with E-state index in [2.05, 4.69) is 66.6 Å². The summed E-state index contributed by atoms with van der Waals surface area (Å²) in [7, 11) is 0. The van der Waals surface area contributed by atoms with Gasteiger partial charge in [0, 0.05) is 30.4 Å². The van der Waals surface area contributed by atoms with E-state index in [1.807, 2.05) is 12.4 Å². The maximum absolute atomic E-state index is 4.33. The van der Waals surface area contributed by atoms with Crippen LogP contribution in [-0.4, -0.2) is 17.6 Å². The Kier molecular flexibility index (Phi) is 4.07. The van der Waals surface area contributed by atoms with Gasteiger partial charge in [-0.3, -0.25) is 4.98 Å². The van der Waals surface area contributed by atoms with Crippen molar-refractivity contribution >= 4 is 0 Å². The molecule has 0 amide bonds. The van der Waals surface area contributed by atoms with Gasteiger partial charge in [0.2, 0.25) is 0 Å². The quantitative estimate of drug-likeness (QED) is 0.898. The Morgan fingerprint density at radius 2 is 1.90 bits per heavy atom. The molecule has 1 N–H and O–H groups in total. The summed E-state index contributed by atoms with van der Waals surface area (Å²) in [5, 5.41) is 3.63. The molecule has 1 aliphatic carbocycles. The molecular formula is C19H24N2. The molecule has 3 rings (SSSR count). The van der Waals surface area contributed by atoms with Crippen molar-refractivity contribution in [3.05, 3.63) is 66.0 Å². The van der Waals surface area contributed by atoms with Crippen molar-refractivity contribution in [2.75, 3.05) is 6.54 Å². The third kappa shape index (κ3) is 3.01. The summed E-state index contributed by atoms with van der Waals surface area (Å²) in [4.78, 5) is 4.33. The van der Waals surface area contributed by atoms with E-state index in [0.29, 0.717) is 12.0 Å². The van der Waals surface area contributed by atoms with Crippen LogP contribution in [0.25, 0.3) is 0 Å². The first-order chi connectivity index (χ1) is 10.2. The molecule has 0 spiro atoms. The van der Waals surface area contributed by atoms with Gasteiger partial charge in [0.25, 0.3) is 0 Å². The van der Waals surface area contributed by atoms with E-state index in [1.165, 1.54) is 24.0 Å². The first kappa shape index (κ1) is 14.3. The first-order valence-corrected chi connectivity index (χ1v) is 7.88. The minimum absolute atomic E-state index is 0.249. The van der Waals surface area contributed by atoms with Crippen LogP contribution in [0.5, 0.6) is 0 Å². The summed E-state index contributed by atoms with van der Waals surface area (Å²) in [6, 6.07) is 15.7. The van der Waals surface area contributed by atoms with Crippen molar-refractivity contribution in [2.24, 2.45) is 0 Å². The van der Waals surface area contributed by atoms with E-state index in [1.54, 1.807) is 0 Å². The van der Waals surface area contributed by atoms with Crippen LogP contribution in [0.15, 0.2) is 54.9 Å². The predicted molar refractivity (Wildman–Crippen MR) is 87.5 cm³/mol. The number of aromatic nitrogens is 1. The molecular weight excluding hydrogens is 256 g/mol. The summed E-state index contributed by atoms with van der Waals surface area (Å²) in [5.41, 5.74) is 3.10. The minimum atomic E-state index is 0.249. The maximum atomic E-state index is 4.33. The molecule has 0 saturated heterocycles. The van der Waals surface area contributed by atoms with Crippen LogP contribution in [0.3, 0.4) is 0 Å². The molecule has 1 fully saturated rings. The molecule has 0 aliphatic heterocycles. The highest BCUT2D eigenvalue weighted by Gasteiger charge is 2.45. The largest absolute Gasteiger partial charge is 0.314 e. The molecule has 0 unspecified atom stereocenters. The normalized spacial score (nSPS) is 24.8. The van der Waals surface area contributed by atoms with E-state index in [-0.39, 0.29) is 5.41 Å². The molecule has 1 aromatic heterocycles. The number of hydrogen-bond donors (Lipinski definition) is 1. The summed E-state index contributed by atoms with van der Waals surface area (Å²) in [5.74, 6) is 0.681. The fourth-order valence-corrected chi connectivity index (χ4v) is 3.40. The van der Waals surface area contributed by atoms with Crippen molar-refractivity contribution in [1.82, 2.24) is 10.3 Å². The summed E-state index contributed by atoms with van der Waals surface area (Å²) in [6.45, 7) is 5.47. The number of benzene rings is 1. The van der Waals surface area contributed by atoms with Gasteiger partial charge in [-0.2, -0.15) is 0 Å². The second kappa shape index (κ2) is 5.98. The van der Waals surface area contributed by atoms with E-state index in [9.17, 15) is 0 Å². The van der Waals surface area contributed by atoms with E-state index < -0.39 is 0 Å². The third-order valence-corrected chi connectivity index (χ3v) is 4.67. The fraction of sp³-hybridized carbons (Fsp3) is 0.421. The zero-order chi connectivity index (χ0) is 14.7. The fourth-order valence-electron chi connectivity index (χ4n) is 3.40. The summed E-state index contributed by atoms with van der Waals surface area (Å²) >= 11 is 0. The number of rotatable bonds is 5. The van der Waals surface area contributed by atoms with Crippen LogP contribution < -0.4 is 5.32 Å². The van der Waals surface area contributed by atoms with Crippen molar-refractivity contribution < 1.29 is 0 Å². The van der Waals surface area contributed by atoms with Crippen LogP contribution in [0, 0.1) is 0 Å². The average molecular weight is 280 g/mol. The average Bonchev–Trinajstić information content (AvgIpc) is 2.48. The maximum Gasteiger partial charge on any atom is 0.0306 e. The van der Waals surface area contributed by atoms with Gasteiger partial charge in [-0.1, -0.05) is 50.2 Å². The van der Waals surface area contributed by atoms with Crippen LogP contribution >= 0.6 is 0 Å². The van der Waals surface area contributed by atoms with Gasteiger partial charge in [-0.15, -0.1) is 0 Å².